The van der Waals surface area contributed by atoms with Crippen molar-refractivity contribution in [2.24, 2.45) is 0 Å². The third-order valence-electron chi connectivity index (χ3n) is 4.15. The first-order valence-corrected chi connectivity index (χ1v) is 8.33. The molecule has 2 aromatic carbocycles. The van der Waals surface area contributed by atoms with Gasteiger partial charge in [0.05, 0.1) is 21.7 Å². The SMILES string of the molecule is CCc1cc(Cl)cnc1Nc1c2ccccc2nc2ccccc12. The van der Waals surface area contributed by atoms with Crippen molar-refractivity contribution in [2.45, 2.75) is 13.3 Å². The Balaban J connectivity index is 1.97. The zero-order valence-electron chi connectivity index (χ0n) is 13.3. The second kappa shape index (κ2) is 6.10. The summed E-state index contributed by atoms with van der Waals surface area (Å²) in [6.45, 7) is 2.10. The Morgan fingerprint density at radius 3 is 2.21 bits per heavy atom. The molecule has 0 bridgehead atoms. The normalized spacial score (nSPS) is 11.1. The quantitative estimate of drug-likeness (QED) is 0.485. The molecular formula is C20H16ClN3. The molecule has 24 heavy (non-hydrogen) atoms. The van der Waals surface area contributed by atoms with Crippen LogP contribution in [0.5, 0.6) is 0 Å². The van der Waals surface area contributed by atoms with Gasteiger partial charge in [-0.2, -0.15) is 0 Å². The van der Waals surface area contributed by atoms with Crippen LogP contribution in [0.3, 0.4) is 0 Å². The Morgan fingerprint density at radius 2 is 1.58 bits per heavy atom. The molecule has 0 unspecified atom stereocenters. The molecule has 0 spiro atoms. The lowest BCUT2D eigenvalue weighted by Crippen LogP contribution is -2.00. The number of aryl methyl sites for hydroxylation is 1. The maximum Gasteiger partial charge on any atom is 0.133 e. The third kappa shape index (κ3) is 2.57. The monoisotopic (exact) mass is 333 g/mol. The van der Waals surface area contributed by atoms with E-state index in [4.69, 9.17) is 16.6 Å². The van der Waals surface area contributed by atoms with E-state index >= 15 is 0 Å². The van der Waals surface area contributed by atoms with E-state index in [1.807, 2.05) is 42.5 Å². The van der Waals surface area contributed by atoms with E-state index in [0.717, 1.165) is 45.3 Å². The van der Waals surface area contributed by atoms with Gasteiger partial charge in [0.15, 0.2) is 0 Å². The van der Waals surface area contributed by atoms with Gasteiger partial charge in [-0.05, 0) is 30.2 Å². The Morgan fingerprint density at radius 1 is 0.958 bits per heavy atom. The molecule has 0 fully saturated rings. The second-order valence-corrected chi connectivity index (χ2v) is 6.10. The molecule has 0 amide bonds. The van der Waals surface area contributed by atoms with Crippen molar-refractivity contribution >= 4 is 44.9 Å². The van der Waals surface area contributed by atoms with Crippen molar-refractivity contribution < 1.29 is 0 Å². The number of halogens is 1. The van der Waals surface area contributed by atoms with Gasteiger partial charge in [0.1, 0.15) is 5.82 Å². The number of nitrogens with one attached hydrogen (secondary N) is 1. The first-order chi connectivity index (χ1) is 11.8. The summed E-state index contributed by atoms with van der Waals surface area (Å²) in [5.74, 6) is 0.836. The molecule has 4 aromatic rings. The number of pyridine rings is 2. The number of hydrogen-bond acceptors (Lipinski definition) is 3. The zero-order chi connectivity index (χ0) is 16.5. The number of fused-ring (bicyclic) bond motifs is 2. The van der Waals surface area contributed by atoms with Gasteiger partial charge in [0.2, 0.25) is 0 Å². The average Bonchev–Trinajstić information content (AvgIpc) is 2.62. The summed E-state index contributed by atoms with van der Waals surface area (Å²) >= 11 is 6.09. The lowest BCUT2D eigenvalue weighted by atomic mass is 10.1. The summed E-state index contributed by atoms with van der Waals surface area (Å²) in [5, 5.41) is 6.34. The van der Waals surface area contributed by atoms with E-state index in [0.29, 0.717) is 5.02 Å². The van der Waals surface area contributed by atoms with Crippen molar-refractivity contribution in [3.63, 3.8) is 0 Å². The number of rotatable bonds is 3. The predicted octanol–water partition coefficient (Wildman–Crippen LogP) is 5.74. The van der Waals surface area contributed by atoms with Crippen LogP contribution in [0, 0.1) is 0 Å². The highest BCUT2D eigenvalue weighted by atomic mass is 35.5. The lowest BCUT2D eigenvalue weighted by molar-refractivity contribution is 1.11. The Hall–Kier alpha value is -2.65. The number of hydrogen-bond donors (Lipinski definition) is 1. The van der Waals surface area contributed by atoms with E-state index in [-0.39, 0.29) is 0 Å². The van der Waals surface area contributed by atoms with Crippen molar-refractivity contribution in [3.05, 3.63) is 71.4 Å². The molecule has 0 aliphatic carbocycles. The summed E-state index contributed by atoms with van der Waals surface area (Å²) in [4.78, 5) is 9.25. The molecule has 4 rings (SSSR count). The molecule has 3 nitrogen and oxygen atoms in total. The fourth-order valence-electron chi connectivity index (χ4n) is 2.96. The highest BCUT2D eigenvalue weighted by Crippen LogP contribution is 2.33. The maximum atomic E-state index is 6.09. The minimum atomic E-state index is 0.654. The standard InChI is InChI=1S/C20H16ClN3/c1-2-13-11-14(21)12-22-20(13)24-19-15-7-3-5-9-17(15)23-18-10-6-4-8-16(18)19/h3-12H,2H2,1H3,(H,22,23,24). The highest BCUT2D eigenvalue weighted by Gasteiger charge is 2.11. The topological polar surface area (TPSA) is 37.8 Å². The van der Waals surface area contributed by atoms with Crippen LogP contribution in [0.2, 0.25) is 5.02 Å². The minimum absolute atomic E-state index is 0.654. The maximum absolute atomic E-state index is 6.09. The van der Waals surface area contributed by atoms with Crippen molar-refractivity contribution in [1.82, 2.24) is 9.97 Å². The van der Waals surface area contributed by atoms with E-state index in [2.05, 4.69) is 29.4 Å². The number of nitrogens with zero attached hydrogens (tertiary/aromatic N) is 2. The average molecular weight is 334 g/mol. The largest absolute Gasteiger partial charge is 0.339 e. The van der Waals surface area contributed by atoms with Gasteiger partial charge >= 0.3 is 0 Å². The van der Waals surface area contributed by atoms with Crippen LogP contribution >= 0.6 is 11.6 Å². The Labute approximate surface area is 145 Å². The summed E-state index contributed by atoms with van der Waals surface area (Å²) in [7, 11) is 0. The van der Waals surface area contributed by atoms with Gasteiger partial charge in [-0.1, -0.05) is 54.9 Å². The second-order valence-electron chi connectivity index (χ2n) is 5.66. The molecule has 4 heteroatoms. The highest BCUT2D eigenvalue weighted by molar-refractivity contribution is 6.30. The smallest absolute Gasteiger partial charge is 0.133 e. The van der Waals surface area contributed by atoms with Gasteiger partial charge < -0.3 is 5.32 Å². The van der Waals surface area contributed by atoms with Gasteiger partial charge in [0.25, 0.3) is 0 Å². The van der Waals surface area contributed by atoms with E-state index in [1.165, 1.54) is 0 Å². The molecule has 0 aliphatic rings. The van der Waals surface area contributed by atoms with Crippen molar-refractivity contribution in [3.8, 4) is 0 Å². The van der Waals surface area contributed by atoms with Crippen LogP contribution < -0.4 is 5.32 Å². The first-order valence-electron chi connectivity index (χ1n) is 7.95. The number of aromatic nitrogens is 2. The molecule has 0 radical (unpaired) electrons. The first kappa shape index (κ1) is 14.9. The molecule has 118 valence electrons. The molecule has 0 aliphatic heterocycles. The van der Waals surface area contributed by atoms with Crippen LogP contribution in [0.15, 0.2) is 60.8 Å². The van der Waals surface area contributed by atoms with Crippen LogP contribution in [0.25, 0.3) is 21.8 Å². The molecule has 0 saturated carbocycles. The van der Waals surface area contributed by atoms with Crippen LogP contribution in [0.4, 0.5) is 11.5 Å². The fourth-order valence-corrected chi connectivity index (χ4v) is 3.14. The molecule has 2 aromatic heterocycles. The molecule has 1 N–H and O–H groups in total. The molecule has 0 atom stereocenters. The van der Waals surface area contributed by atoms with E-state index in [1.54, 1.807) is 6.20 Å². The third-order valence-corrected chi connectivity index (χ3v) is 4.35. The van der Waals surface area contributed by atoms with E-state index in [9.17, 15) is 0 Å². The molecule has 2 heterocycles. The summed E-state index contributed by atoms with van der Waals surface area (Å²) in [6.07, 6.45) is 2.53. The zero-order valence-corrected chi connectivity index (χ0v) is 14.0. The van der Waals surface area contributed by atoms with E-state index < -0.39 is 0 Å². The van der Waals surface area contributed by atoms with Crippen LogP contribution in [-0.4, -0.2) is 9.97 Å². The Kier molecular flexibility index (Phi) is 3.79. The number of anilines is 2. The number of para-hydroxylation sites is 2. The fraction of sp³-hybridized carbons (Fsp3) is 0.100. The van der Waals surface area contributed by atoms with Crippen molar-refractivity contribution in [2.75, 3.05) is 5.32 Å². The summed E-state index contributed by atoms with van der Waals surface area (Å²) in [6, 6.07) is 18.3. The predicted molar refractivity (Wildman–Crippen MR) is 101 cm³/mol. The number of benzene rings is 2. The summed E-state index contributed by atoms with van der Waals surface area (Å²) < 4.78 is 0. The van der Waals surface area contributed by atoms with Gasteiger partial charge in [-0.25, -0.2) is 9.97 Å². The van der Waals surface area contributed by atoms with Gasteiger partial charge in [0, 0.05) is 17.0 Å². The Bertz CT molecular complexity index is 989. The van der Waals surface area contributed by atoms with Gasteiger partial charge in [-0.15, -0.1) is 0 Å². The van der Waals surface area contributed by atoms with Crippen LogP contribution in [0.1, 0.15) is 12.5 Å². The minimum Gasteiger partial charge on any atom is -0.339 e. The van der Waals surface area contributed by atoms with Crippen LogP contribution in [-0.2, 0) is 6.42 Å². The molecule has 0 saturated heterocycles. The lowest BCUT2D eigenvalue weighted by Gasteiger charge is -2.15. The molecular weight excluding hydrogens is 318 g/mol. The van der Waals surface area contributed by atoms with Crippen molar-refractivity contribution in [1.29, 1.82) is 0 Å². The van der Waals surface area contributed by atoms with Gasteiger partial charge in [-0.3, -0.25) is 0 Å². The summed E-state index contributed by atoms with van der Waals surface area (Å²) in [5.41, 5.74) is 4.05.